The van der Waals surface area contributed by atoms with E-state index in [1.54, 1.807) is 0 Å². The third-order valence-electron chi connectivity index (χ3n) is 9.43. The van der Waals surface area contributed by atoms with E-state index in [0.717, 1.165) is 56.1 Å². The summed E-state index contributed by atoms with van der Waals surface area (Å²) in [5.41, 5.74) is 0.677. The van der Waals surface area contributed by atoms with E-state index in [0.29, 0.717) is 5.41 Å². The Morgan fingerprint density at radius 2 is 1.54 bits per heavy atom. The summed E-state index contributed by atoms with van der Waals surface area (Å²) in [7, 11) is 0. The number of ether oxygens (including phenoxy) is 2. The number of aliphatic hydroxyl groups excluding tert-OH is 1. The molecule has 1 N–H and O–H groups in total. The monoisotopic (exact) mass is 334 g/mol. The van der Waals surface area contributed by atoms with Crippen molar-refractivity contribution in [3.8, 4) is 0 Å². The van der Waals surface area contributed by atoms with Crippen LogP contribution in [0.5, 0.6) is 0 Å². The summed E-state index contributed by atoms with van der Waals surface area (Å²) in [6.07, 6.45) is 11.0. The topological polar surface area (TPSA) is 38.7 Å². The van der Waals surface area contributed by atoms with Gasteiger partial charge in [-0.05, 0) is 79.4 Å². The van der Waals surface area contributed by atoms with Crippen molar-refractivity contribution in [1.82, 2.24) is 0 Å². The number of hydrogen-bond acceptors (Lipinski definition) is 3. The summed E-state index contributed by atoms with van der Waals surface area (Å²) >= 11 is 0. The van der Waals surface area contributed by atoms with Crippen LogP contribution in [0.3, 0.4) is 0 Å². The molecule has 24 heavy (non-hydrogen) atoms. The van der Waals surface area contributed by atoms with Gasteiger partial charge in [0, 0.05) is 12.8 Å². The van der Waals surface area contributed by atoms with E-state index in [-0.39, 0.29) is 17.3 Å². The SMILES string of the molecule is C[C@]12CCC3(CC1CCC1C2CC[C@@]2(C)C1CC[C@@H]2O)OCCO3. The van der Waals surface area contributed by atoms with Gasteiger partial charge in [0.1, 0.15) is 0 Å². The third-order valence-corrected chi connectivity index (χ3v) is 9.43. The second-order valence-electron chi connectivity index (χ2n) is 10.1. The summed E-state index contributed by atoms with van der Waals surface area (Å²) < 4.78 is 12.1. The standard InChI is InChI=1S/C21H34O3/c1-19-9-10-21(23-11-12-24-21)13-14(19)3-4-15-16-5-6-18(22)20(16,2)8-7-17(15)19/h14-18,22H,3-13H2,1-2H3/t14?,15?,16?,17?,18-,19-,20-/m0/s1. The van der Waals surface area contributed by atoms with Gasteiger partial charge in [-0.3, -0.25) is 0 Å². The first-order valence-electron chi connectivity index (χ1n) is 10.4. The van der Waals surface area contributed by atoms with Crippen LogP contribution in [-0.4, -0.2) is 30.2 Å². The molecule has 3 heteroatoms. The minimum Gasteiger partial charge on any atom is -0.393 e. The minimum absolute atomic E-state index is 0.0520. The van der Waals surface area contributed by atoms with Gasteiger partial charge in [0.2, 0.25) is 0 Å². The maximum absolute atomic E-state index is 10.6. The summed E-state index contributed by atoms with van der Waals surface area (Å²) in [5, 5.41) is 10.6. The first kappa shape index (κ1) is 16.1. The lowest BCUT2D eigenvalue weighted by atomic mass is 9.45. The van der Waals surface area contributed by atoms with Crippen molar-refractivity contribution in [3.63, 3.8) is 0 Å². The highest BCUT2D eigenvalue weighted by Crippen LogP contribution is 2.67. The smallest absolute Gasteiger partial charge is 0.168 e. The van der Waals surface area contributed by atoms with Crippen LogP contribution >= 0.6 is 0 Å². The number of fused-ring (bicyclic) bond motifs is 5. The lowest BCUT2D eigenvalue weighted by molar-refractivity contribution is -0.230. The second-order valence-corrected chi connectivity index (χ2v) is 10.1. The van der Waals surface area contributed by atoms with Crippen LogP contribution in [0, 0.1) is 34.5 Å². The second kappa shape index (κ2) is 5.20. The summed E-state index contributed by atoms with van der Waals surface area (Å²) in [6, 6.07) is 0. The molecule has 5 rings (SSSR count). The Labute approximate surface area is 146 Å². The van der Waals surface area contributed by atoms with Crippen molar-refractivity contribution in [2.24, 2.45) is 34.5 Å². The van der Waals surface area contributed by atoms with E-state index < -0.39 is 0 Å². The fourth-order valence-corrected chi connectivity index (χ4v) is 7.93. The van der Waals surface area contributed by atoms with Crippen LogP contribution in [-0.2, 0) is 9.47 Å². The van der Waals surface area contributed by atoms with Crippen molar-refractivity contribution in [1.29, 1.82) is 0 Å². The molecule has 136 valence electrons. The zero-order valence-corrected chi connectivity index (χ0v) is 15.4. The normalized spacial score (nSPS) is 55.9. The molecule has 7 atom stereocenters. The molecule has 1 aliphatic heterocycles. The lowest BCUT2D eigenvalue weighted by Crippen LogP contribution is -2.56. The highest BCUT2D eigenvalue weighted by molar-refractivity contribution is 5.10. The first-order valence-corrected chi connectivity index (χ1v) is 10.4. The fraction of sp³-hybridized carbons (Fsp3) is 1.00. The van der Waals surface area contributed by atoms with E-state index in [1.165, 1.54) is 38.5 Å². The molecular weight excluding hydrogens is 300 g/mol. The fourth-order valence-electron chi connectivity index (χ4n) is 7.93. The largest absolute Gasteiger partial charge is 0.393 e. The molecule has 0 aromatic carbocycles. The van der Waals surface area contributed by atoms with Gasteiger partial charge in [-0.2, -0.15) is 0 Å². The Kier molecular flexibility index (Phi) is 3.49. The maximum atomic E-state index is 10.6. The number of rotatable bonds is 0. The van der Waals surface area contributed by atoms with Crippen LogP contribution in [0.4, 0.5) is 0 Å². The highest BCUT2D eigenvalue weighted by atomic mass is 16.7. The van der Waals surface area contributed by atoms with Crippen molar-refractivity contribution < 1.29 is 14.6 Å². The summed E-state index contributed by atoms with van der Waals surface area (Å²) in [5.74, 6) is 3.00. The molecule has 0 radical (unpaired) electrons. The van der Waals surface area contributed by atoms with Gasteiger partial charge in [0.25, 0.3) is 0 Å². The average Bonchev–Trinajstić information content (AvgIpc) is 3.14. The van der Waals surface area contributed by atoms with E-state index in [4.69, 9.17) is 9.47 Å². The van der Waals surface area contributed by atoms with E-state index in [9.17, 15) is 5.11 Å². The zero-order chi connectivity index (χ0) is 16.6. The van der Waals surface area contributed by atoms with Crippen LogP contribution in [0.15, 0.2) is 0 Å². The van der Waals surface area contributed by atoms with Gasteiger partial charge in [0.15, 0.2) is 5.79 Å². The molecule has 0 aromatic rings. The Morgan fingerprint density at radius 3 is 2.33 bits per heavy atom. The molecule has 1 heterocycles. The Morgan fingerprint density at radius 1 is 0.792 bits per heavy atom. The van der Waals surface area contributed by atoms with Crippen LogP contribution < -0.4 is 0 Å². The molecule has 4 unspecified atom stereocenters. The molecule has 0 bridgehead atoms. The number of hydrogen-bond donors (Lipinski definition) is 1. The Bertz CT molecular complexity index is 513. The molecule has 5 fully saturated rings. The van der Waals surface area contributed by atoms with Crippen molar-refractivity contribution in [3.05, 3.63) is 0 Å². The first-order chi connectivity index (χ1) is 11.5. The van der Waals surface area contributed by atoms with Crippen molar-refractivity contribution in [2.75, 3.05) is 13.2 Å². The Balaban J connectivity index is 1.41. The highest BCUT2D eigenvalue weighted by Gasteiger charge is 2.61. The van der Waals surface area contributed by atoms with Crippen molar-refractivity contribution in [2.45, 2.75) is 83.5 Å². The van der Waals surface area contributed by atoms with Gasteiger partial charge in [-0.1, -0.05) is 13.8 Å². The lowest BCUT2D eigenvalue weighted by Gasteiger charge is -2.61. The van der Waals surface area contributed by atoms with Crippen LogP contribution in [0.1, 0.15) is 71.6 Å². The van der Waals surface area contributed by atoms with Crippen LogP contribution in [0.25, 0.3) is 0 Å². The number of aliphatic hydroxyl groups is 1. The molecule has 3 nitrogen and oxygen atoms in total. The third kappa shape index (κ3) is 2.01. The van der Waals surface area contributed by atoms with E-state index in [2.05, 4.69) is 13.8 Å². The van der Waals surface area contributed by atoms with Crippen LogP contribution in [0.2, 0.25) is 0 Å². The average molecular weight is 335 g/mol. The van der Waals surface area contributed by atoms with Gasteiger partial charge >= 0.3 is 0 Å². The zero-order valence-electron chi connectivity index (χ0n) is 15.4. The summed E-state index contributed by atoms with van der Waals surface area (Å²) in [6.45, 7) is 6.54. The quantitative estimate of drug-likeness (QED) is 0.724. The predicted octanol–water partition coefficient (Wildman–Crippen LogP) is 4.13. The molecule has 1 spiro atoms. The van der Waals surface area contributed by atoms with Crippen molar-refractivity contribution >= 4 is 0 Å². The molecule has 4 saturated carbocycles. The molecule has 1 saturated heterocycles. The van der Waals surface area contributed by atoms with Gasteiger partial charge in [-0.15, -0.1) is 0 Å². The predicted molar refractivity (Wildman–Crippen MR) is 92.4 cm³/mol. The minimum atomic E-state index is -0.232. The molecule has 0 aromatic heterocycles. The van der Waals surface area contributed by atoms with Gasteiger partial charge in [-0.25, -0.2) is 0 Å². The maximum Gasteiger partial charge on any atom is 0.168 e. The van der Waals surface area contributed by atoms with E-state index in [1.807, 2.05) is 0 Å². The summed E-state index contributed by atoms with van der Waals surface area (Å²) in [4.78, 5) is 0. The molecular formula is C21H34O3. The van der Waals surface area contributed by atoms with E-state index >= 15 is 0 Å². The van der Waals surface area contributed by atoms with Gasteiger partial charge in [0.05, 0.1) is 19.3 Å². The molecule has 4 aliphatic carbocycles. The van der Waals surface area contributed by atoms with Gasteiger partial charge < -0.3 is 14.6 Å². The Hall–Kier alpha value is -0.120. The molecule has 5 aliphatic rings. The molecule has 0 amide bonds.